The summed E-state index contributed by atoms with van der Waals surface area (Å²) in [5, 5.41) is 21.1. The highest BCUT2D eigenvalue weighted by Gasteiger charge is 2.14. The predicted molar refractivity (Wildman–Crippen MR) is 105 cm³/mol. The summed E-state index contributed by atoms with van der Waals surface area (Å²) in [6.07, 6.45) is 1.13. The van der Waals surface area contributed by atoms with Gasteiger partial charge in [-0.15, -0.1) is 0 Å². The number of aryl methyl sites for hydroxylation is 3. The average Bonchev–Trinajstić information content (AvgIpc) is 2.71. The van der Waals surface area contributed by atoms with E-state index in [1.54, 1.807) is 0 Å². The molecule has 0 amide bonds. The van der Waals surface area contributed by atoms with Crippen molar-refractivity contribution >= 4 is 21.8 Å². The Morgan fingerprint density at radius 2 is 1.48 bits per heavy atom. The van der Waals surface area contributed by atoms with Crippen molar-refractivity contribution in [2.75, 3.05) is 0 Å². The molecule has 0 bridgehead atoms. The highest BCUT2D eigenvalue weighted by Crippen LogP contribution is 2.24. The van der Waals surface area contributed by atoms with Gasteiger partial charge in [-0.2, -0.15) is 10.5 Å². The van der Waals surface area contributed by atoms with Crippen molar-refractivity contribution in [2.24, 2.45) is 0 Å². The standard InChI is InChI=1S/C23H16N4/c1-15-18-7-3-5-9-22(18)27-23(19(15)14-25)11-10-21-17(13-24)12-16-6-2-4-8-20(16)26-21/h2-9,12H,10-11H2,1H3. The quantitative estimate of drug-likeness (QED) is 0.541. The maximum Gasteiger partial charge on any atom is 0.101 e. The molecule has 2 aromatic heterocycles. The average molecular weight is 348 g/mol. The second kappa shape index (κ2) is 6.86. The molecule has 4 nitrogen and oxygen atoms in total. The first kappa shape index (κ1) is 16.7. The third-order valence-corrected chi connectivity index (χ3v) is 4.86. The first-order valence-corrected chi connectivity index (χ1v) is 8.78. The summed E-state index contributed by atoms with van der Waals surface area (Å²) >= 11 is 0. The molecule has 27 heavy (non-hydrogen) atoms. The van der Waals surface area contributed by atoms with E-state index in [1.165, 1.54) is 0 Å². The second-order valence-corrected chi connectivity index (χ2v) is 6.47. The van der Waals surface area contributed by atoms with E-state index in [1.807, 2.05) is 61.5 Å². The van der Waals surface area contributed by atoms with E-state index in [0.717, 1.165) is 38.8 Å². The summed E-state index contributed by atoms with van der Waals surface area (Å²) in [6.45, 7) is 1.96. The number of aromatic nitrogens is 2. The topological polar surface area (TPSA) is 73.4 Å². The number of benzene rings is 2. The lowest BCUT2D eigenvalue weighted by Gasteiger charge is -2.10. The van der Waals surface area contributed by atoms with Crippen molar-refractivity contribution in [3.63, 3.8) is 0 Å². The van der Waals surface area contributed by atoms with Crippen LogP contribution in [0.1, 0.15) is 28.1 Å². The fourth-order valence-corrected chi connectivity index (χ4v) is 3.45. The number of rotatable bonds is 3. The van der Waals surface area contributed by atoms with Crippen molar-refractivity contribution in [1.82, 2.24) is 9.97 Å². The SMILES string of the molecule is Cc1c(C#N)c(CCc2nc3ccccc3cc2C#N)nc2ccccc12. The molecule has 4 heteroatoms. The minimum Gasteiger partial charge on any atom is -0.251 e. The van der Waals surface area contributed by atoms with Crippen LogP contribution in [-0.2, 0) is 12.8 Å². The molecular formula is C23H16N4. The van der Waals surface area contributed by atoms with Crippen LogP contribution >= 0.6 is 0 Å². The predicted octanol–water partition coefficient (Wildman–Crippen LogP) is 4.62. The van der Waals surface area contributed by atoms with Crippen molar-refractivity contribution < 1.29 is 0 Å². The highest BCUT2D eigenvalue weighted by molar-refractivity contribution is 5.84. The number of hydrogen-bond donors (Lipinski definition) is 0. The molecule has 0 unspecified atom stereocenters. The van der Waals surface area contributed by atoms with Crippen LogP contribution in [0.25, 0.3) is 21.8 Å². The van der Waals surface area contributed by atoms with Crippen molar-refractivity contribution in [3.8, 4) is 12.1 Å². The fraction of sp³-hybridized carbons (Fsp3) is 0.130. The van der Waals surface area contributed by atoms with Crippen LogP contribution in [0, 0.1) is 29.6 Å². The summed E-state index contributed by atoms with van der Waals surface area (Å²) in [4.78, 5) is 9.37. The molecule has 0 aliphatic heterocycles. The van der Waals surface area contributed by atoms with E-state index in [2.05, 4.69) is 17.1 Å². The number of nitrogens with zero attached hydrogens (tertiary/aromatic N) is 4. The number of pyridine rings is 2. The zero-order chi connectivity index (χ0) is 18.8. The van der Waals surface area contributed by atoms with Crippen LogP contribution in [0.15, 0.2) is 54.6 Å². The van der Waals surface area contributed by atoms with Gasteiger partial charge in [0, 0.05) is 10.8 Å². The number of fused-ring (bicyclic) bond motifs is 2. The third-order valence-electron chi connectivity index (χ3n) is 4.86. The van der Waals surface area contributed by atoms with Gasteiger partial charge in [-0.05, 0) is 43.5 Å². The molecule has 128 valence electrons. The number of para-hydroxylation sites is 2. The van der Waals surface area contributed by atoms with Gasteiger partial charge in [0.05, 0.1) is 33.5 Å². The van der Waals surface area contributed by atoms with Gasteiger partial charge in [0.2, 0.25) is 0 Å². The van der Waals surface area contributed by atoms with Gasteiger partial charge in [0.1, 0.15) is 12.1 Å². The van der Waals surface area contributed by atoms with Crippen molar-refractivity contribution in [1.29, 1.82) is 10.5 Å². The maximum absolute atomic E-state index is 9.64. The molecule has 4 rings (SSSR count). The normalized spacial score (nSPS) is 10.6. The molecule has 2 aromatic carbocycles. The lowest BCUT2D eigenvalue weighted by molar-refractivity contribution is 0.883. The molecule has 0 aliphatic carbocycles. The van der Waals surface area contributed by atoms with Crippen LogP contribution in [0.2, 0.25) is 0 Å². The smallest absolute Gasteiger partial charge is 0.101 e. The van der Waals surface area contributed by atoms with Gasteiger partial charge in [0.15, 0.2) is 0 Å². The summed E-state index contributed by atoms with van der Waals surface area (Å²) in [6, 6.07) is 22.0. The van der Waals surface area contributed by atoms with E-state index in [-0.39, 0.29) is 0 Å². The van der Waals surface area contributed by atoms with E-state index in [4.69, 9.17) is 4.98 Å². The lowest BCUT2D eigenvalue weighted by atomic mass is 9.98. The van der Waals surface area contributed by atoms with E-state index >= 15 is 0 Å². The summed E-state index contributed by atoms with van der Waals surface area (Å²) < 4.78 is 0. The first-order chi connectivity index (χ1) is 13.2. The molecule has 0 N–H and O–H groups in total. The van der Waals surface area contributed by atoms with Gasteiger partial charge in [-0.1, -0.05) is 36.4 Å². The molecule has 4 aromatic rings. The zero-order valence-corrected chi connectivity index (χ0v) is 14.9. The van der Waals surface area contributed by atoms with Gasteiger partial charge in [-0.3, -0.25) is 9.97 Å². The van der Waals surface area contributed by atoms with Crippen molar-refractivity contribution in [3.05, 3.63) is 82.7 Å². The molecule has 0 radical (unpaired) electrons. The molecule has 0 aliphatic rings. The Morgan fingerprint density at radius 3 is 2.26 bits per heavy atom. The van der Waals surface area contributed by atoms with Crippen LogP contribution in [0.4, 0.5) is 0 Å². The second-order valence-electron chi connectivity index (χ2n) is 6.47. The van der Waals surface area contributed by atoms with Gasteiger partial charge in [0.25, 0.3) is 0 Å². The van der Waals surface area contributed by atoms with Gasteiger partial charge in [-0.25, -0.2) is 0 Å². The van der Waals surface area contributed by atoms with E-state index < -0.39 is 0 Å². The minimum absolute atomic E-state index is 0.563. The minimum atomic E-state index is 0.563. The molecule has 0 spiro atoms. The molecule has 2 heterocycles. The maximum atomic E-state index is 9.64. The largest absolute Gasteiger partial charge is 0.251 e. The summed E-state index contributed by atoms with van der Waals surface area (Å²) in [7, 11) is 0. The van der Waals surface area contributed by atoms with Crippen molar-refractivity contribution in [2.45, 2.75) is 19.8 Å². The van der Waals surface area contributed by atoms with Crippen LogP contribution < -0.4 is 0 Å². The summed E-state index contributed by atoms with van der Waals surface area (Å²) in [5.74, 6) is 0. The molecule has 0 atom stereocenters. The molecule has 0 saturated carbocycles. The molecular weight excluding hydrogens is 332 g/mol. The third kappa shape index (κ3) is 2.99. The Labute approximate surface area is 157 Å². The zero-order valence-electron chi connectivity index (χ0n) is 14.9. The van der Waals surface area contributed by atoms with Crippen LogP contribution in [-0.4, -0.2) is 9.97 Å². The first-order valence-electron chi connectivity index (χ1n) is 8.78. The Kier molecular flexibility index (Phi) is 4.24. The molecule has 0 fully saturated rings. The number of nitriles is 2. The highest BCUT2D eigenvalue weighted by atomic mass is 14.7. The van der Waals surface area contributed by atoms with E-state index in [0.29, 0.717) is 24.0 Å². The Balaban J connectivity index is 1.75. The lowest BCUT2D eigenvalue weighted by Crippen LogP contribution is -2.04. The Bertz CT molecular complexity index is 1260. The molecule has 0 saturated heterocycles. The van der Waals surface area contributed by atoms with Crippen LogP contribution in [0.3, 0.4) is 0 Å². The summed E-state index contributed by atoms with van der Waals surface area (Å²) in [5.41, 5.74) is 5.40. The Morgan fingerprint density at radius 1 is 0.815 bits per heavy atom. The van der Waals surface area contributed by atoms with E-state index in [9.17, 15) is 10.5 Å². The monoisotopic (exact) mass is 348 g/mol. The van der Waals surface area contributed by atoms with Gasteiger partial charge < -0.3 is 0 Å². The Hall–Kier alpha value is -3.76. The van der Waals surface area contributed by atoms with Gasteiger partial charge >= 0.3 is 0 Å². The fourth-order valence-electron chi connectivity index (χ4n) is 3.45. The number of hydrogen-bond acceptors (Lipinski definition) is 4. The van der Waals surface area contributed by atoms with Crippen LogP contribution in [0.5, 0.6) is 0 Å².